The van der Waals surface area contributed by atoms with Gasteiger partial charge in [0.2, 0.25) is 11.8 Å². The normalized spacial score (nSPS) is 17.8. The Labute approximate surface area is 148 Å². The topological polar surface area (TPSA) is 82.6 Å². The fraction of sp³-hybridized carbons (Fsp3) is 0.500. The second-order valence-corrected chi connectivity index (χ2v) is 5.92. The van der Waals surface area contributed by atoms with Crippen molar-refractivity contribution in [2.45, 2.75) is 26.1 Å². The van der Waals surface area contributed by atoms with E-state index in [1.165, 1.54) is 30.7 Å². The zero-order valence-corrected chi connectivity index (χ0v) is 14.6. The van der Waals surface area contributed by atoms with Crippen LogP contribution in [0.5, 0.6) is 0 Å². The van der Waals surface area contributed by atoms with Crippen LogP contribution in [0.25, 0.3) is 0 Å². The lowest BCUT2D eigenvalue weighted by Crippen LogP contribution is -2.61. The molecule has 0 radical (unpaired) electrons. The summed E-state index contributed by atoms with van der Waals surface area (Å²) < 4.78 is 38.2. The molecule has 0 saturated carbocycles. The van der Waals surface area contributed by atoms with Crippen molar-refractivity contribution in [3.8, 4) is 0 Å². The molecule has 3 amide bonds. The first-order valence-corrected chi connectivity index (χ1v) is 7.89. The minimum absolute atomic E-state index is 0.0109. The van der Waals surface area contributed by atoms with Gasteiger partial charge in [0.05, 0.1) is 17.8 Å². The van der Waals surface area contributed by atoms with E-state index in [0.717, 1.165) is 12.1 Å². The van der Waals surface area contributed by atoms with Crippen LogP contribution >= 0.6 is 0 Å². The Balaban J connectivity index is 2.32. The first-order valence-electron chi connectivity index (χ1n) is 7.89. The number of piperazine rings is 1. The Morgan fingerprint density at radius 3 is 2.38 bits per heavy atom. The molecule has 1 aliphatic rings. The van der Waals surface area contributed by atoms with Gasteiger partial charge in [0, 0.05) is 27.1 Å². The van der Waals surface area contributed by atoms with Gasteiger partial charge < -0.3 is 15.1 Å². The standard InChI is InChI=1S/C16H19F3N4O3/c1-9-11(4-5-13(21-9)16(17,18)19)15(26)23-7-6-22(10(2)24)8-12(23)14(25)20-3/h4-5,12H,6-8H2,1-3H3,(H,20,25). The van der Waals surface area contributed by atoms with Crippen LogP contribution in [0.15, 0.2) is 12.1 Å². The number of pyridine rings is 1. The number of aryl methyl sites for hydroxylation is 1. The molecule has 0 aromatic carbocycles. The molecule has 1 N–H and O–H groups in total. The van der Waals surface area contributed by atoms with Crippen LogP contribution in [0.4, 0.5) is 13.2 Å². The van der Waals surface area contributed by atoms with E-state index in [-0.39, 0.29) is 36.8 Å². The van der Waals surface area contributed by atoms with Crippen LogP contribution in [-0.4, -0.2) is 65.2 Å². The summed E-state index contributed by atoms with van der Waals surface area (Å²) >= 11 is 0. The minimum atomic E-state index is -4.61. The van der Waals surface area contributed by atoms with E-state index in [1.807, 2.05) is 0 Å². The molecule has 0 bridgehead atoms. The SMILES string of the molecule is CNC(=O)C1CN(C(C)=O)CCN1C(=O)c1ccc(C(F)(F)F)nc1C. The number of nitrogens with one attached hydrogen (secondary N) is 1. The molecule has 0 aliphatic carbocycles. The summed E-state index contributed by atoms with van der Waals surface area (Å²) in [5.74, 6) is -1.28. The predicted octanol–water partition coefficient (Wildman–Crippen LogP) is 0.828. The first kappa shape index (κ1) is 19.7. The summed E-state index contributed by atoms with van der Waals surface area (Å²) in [4.78, 5) is 42.7. The van der Waals surface area contributed by atoms with Gasteiger partial charge in [-0.3, -0.25) is 14.4 Å². The van der Waals surface area contributed by atoms with Gasteiger partial charge in [-0.25, -0.2) is 4.98 Å². The molecule has 1 aromatic heterocycles. The number of hydrogen-bond donors (Lipinski definition) is 1. The van der Waals surface area contributed by atoms with Crippen LogP contribution in [-0.2, 0) is 15.8 Å². The van der Waals surface area contributed by atoms with E-state index < -0.39 is 29.7 Å². The Bertz CT molecular complexity index is 736. The van der Waals surface area contributed by atoms with Crippen LogP contribution in [0, 0.1) is 6.92 Å². The number of aromatic nitrogens is 1. The van der Waals surface area contributed by atoms with Crippen LogP contribution in [0.2, 0.25) is 0 Å². The van der Waals surface area contributed by atoms with Crippen molar-refractivity contribution in [1.29, 1.82) is 0 Å². The Morgan fingerprint density at radius 1 is 1.23 bits per heavy atom. The molecule has 1 saturated heterocycles. The first-order chi connectivity index (χ1) is 12.1. The number of likely N-dealkylation sites (N-methyl/N-ethyl adjacent to an activating group) is 1. The lowest BCUT2D eigenvalue weighted by atomic mass is 10.1. The Hall–Kier alpha value is -2.65. The van der Waals surface area contributed by atoms with Gasteiger partial charge in [-0.1, -0.05) is 0 Å². The van der Waals surface area contributed by atoms with Gasteiger partial charge in [0.15, 0.2) is 0 Å². The lowest BCUT2D eigenvalue weighted by molar-refractivity contribution is -0.141. The highest BCUT2D eigenvalue weighted by molar-refractivity contribution is 5.98. The largest absolute Gasteiger partial charge is 0.433 e. The number of carbonyl (C=O) groups excluding carboxylic acids is 3. The smallest absolute Gasteiger partial charge is 0.357 e. The van der Waals surface area contributed by atoms with Crippen LogP contribution < -0.4 is 5.32 Å². The predicted molar refractivity (Wildman–Crippen MR) is 85.1 cm³/mol. The van der Waals surface area contributed by atoms with Gasteiger partial charge in [-0.15, -0.1) is 0 Å². The summed E-state index contributed by atoms with van der Waals surface area (Å²) in [5, 5.41) is 2.44. The van der Waals surface area contributed by atoms with Crippen molar-refractivity contribution in [2.24, 2.45) is 0 Å². The molecular weight excluding hydrogens is 353 g/mol. The molecule has 1 aromatic rings. The third-order valence-corrected chi connectivity index (χ3v) is 4.24. The summed E-state index contributed by atoms with van der Waals surface area (Å²) in [6, 6.07) is 0.874. The summed E-state index contributed by atoms with van der Waals surface area (Å²) in [5.41, 5.74) is -1.17. The van der Waals surface area contributed by atoms with Gasteiger partial charge in [0.1, 0.15) is 11.7 Å². The van der Waals surface area contributed by atoms with Gasteiger partial charge in [-0.2, -0.15) is 13.2 Å². The molecule has 10 heteroatoms. The molecule has 1 unspecified atom stereocenters. The zero-order chi connectivity index (χ0) is 19.6. The lowest BCUT2D eigenvalue weighted by Gasteiger charge is -2.40. The van der Waals surface area contributed by atoms with Gasteiger partial charge >= 0.3 is 6.18 Å². The third-order valence-electron chi connectivity index (χ3n) is 4.24. The summed E-state index contributed by atoms with van der Waals surface area (Å²) in [6.45, 7) is 3.03. The van der Waals surface area contributed by atoms with Crippen molar-refractivity contribution < 1.29 is 27.6 Å². The molecule has 142 valence electrons. The average molecular weight is 372 g/mol. The molecule has 1 aliphatic heterocycles. The second-order valence-electron chi connectivity index (χ2n) is 5.92. The van der Waals surface area contributed by atoms with E-state index >= 15 is 0 Å². The van der Waals surface area contributed by atoms with E-state index in [2.05, 4.69) is 10.3 Å². The van der Waals surface area contributed by atoms with E-state index in [4.69, 9.17) is 0 Å². The molecule has 1 atom stereocenters. The van der Waals surface area contributed by atoms with Crippen LogP contribution in [0.3, 0.4) is 0 Å². The number of rotatable bonds is 2. The van der Waals surface area contributed by atoms with E-state index in [1.54, 1.807) is 0 Å². The summed E-state index contributed by atoms with van der Waals surface area (Å²) in [7, 11) is 1.41. The Morgan fingerprint density at radius 2 is 1.88 bits per heavy atom. The quantitative estimate of drug-likeness (QED) is 0.834. The van der Waals surface area contributed by atoms with Crippen molar-refractivity contribution >= 4 is 17.7 Å². The molecule has 2 rings (SSSR count). The number of hydrogen-bond acceptors (Lipinski definition) is 4. The van der Waals surface area contributed by atoms with Gasteiger partial charge in [0.25, 0.3) is 5.91 Å². The number of amides is 3. The zero-order valence-electron chi connectivity index (χ0n) is 14.6. The highest BCUT2D eigenvalue weighted by Crippen LogP contribution is 2.28. The maximum atomic E-state index is 12.8. The van der Waals surface area contributed by atoms with Crippen molar-refractivity contribution in [1.82, 2.24) is 20.1 Å². The maximum absolute atomic E-state index is 12.8. The monoisotopic (exact) mass is 372 g/mol. The summed E-state index contributed by atoms with van der Waals surface area (Å²) in [6.07, 6.45) is -4.61. The maximum Gasteiger partial charge on any atom is 0.433 e. The van der Waals surface area contributed by atoms with E-state index in [0.29, 0.717) is 0 Å². The Kier molecular flexibility index (Phi) is 5.53. The number of nitrogens with zero attached hydrogens (tertiary/aromatic N) is 3. The fourth-order valence-electron chi connectivity index (χ4n) is 2.80. The average Bonchev–Trinajstić information content (AvgIpc) is 2.59. The number of alkyl halides is 3. The molecular formula is C16H19F3N4O3. The van der Waals surface area contributed by atoms with Gasteiger partial charge in [-0.05, 0) is 19.1 Å². The van der Waals surface area contributed by atoms with E-state index in [9.17, 15) is 27.6 Å². The molecule has 1 fully saturated rings. The van der Waals surface area contributed by atoms with Crippen molar-refractivity contribution in [2.75, 3.05) is 26.7 Å². The molecule has 2 heterocycles. The third kappa shape index (κ3) is 3.94. The molecule has 0 spiro atoms. The molecule has 26 heavy (non-hydrogen) atoms. The number of carbonyl (C=O) groups is 3. The minimum Gasteiger partial charge on any atom is -0.357 e. The van der Waals surface area contributed by atoms with Crippen molar-refractivity contribution in [3.63, 3.8) is 0 Å². The fourth-order valence-corrected chi connectivity index (χ4v) is 2.80. The van der Waals surface area contributed by atoms with Crippen LogP contribution in [0.1, 0.15) is 28.7 Å². The second kappa shape index (κ2) is 7.30. The molecule has 7 nitrogen and oxygen atoms in total. The highest BCUT2D eigenvalue weighted by Gasteiger charge is 2.38. The highest BCUT2D eigenvalue weighted by atomic mass is 19.4. The number of halogens is 3. The van der Waals surface area contributed by atoms with Crippen molar-refractivity contribution in [3.05, 3.63) is 29.1 Å².